The molecule has 0 amide bonds. The Hall–Kier alpha value is -3.22. The molecular weight excluding hydrogens is 503 g/mol. The maximum atomic E-state index is 6.72. The number of rotatable bonds is 4. The predicted molar refractivity (Wildman–Crippen MR) is 151 cm³/mol. The standard InChI is InChI=1S/C28H28ClN6OP/c1-21-26-28(35(31-21)23-13-7-4-8-14-23)30-27(22-11-5-3-6-12-22)33(2)37(26,34-17-19-36-20-18-34)32-25-16-10-9-15-24(25)29/h3-16H,17-20H2,1-2H3. The largest absolute Gasteiger partial charge is 0.379 e. The number of para-hydroxylation sites is 1. The number of hydrogen-bond donors (Lipinski definition) is 0. The van der Waals surface area contributed by atoms with Crippen LogP contribution < -0.4 is 5.30 Å². The highest BCUT2D eigenvalue weighted by Crippen LogP contribution is 2.62. The molecule has 1 aromatic heterocycles. The molecule has 2 aliphatic heterocycles. The molecule has 0 aliphatic carbocycles. The molecule has 3 aromatic carbocycles. The topological polar surface area (TPSA) is 58.3 Å². The molecule has 2 aliphatic rings. The van der Waals surface area contributed by atoms with Crippen LogP contribution in [0, 0.1) is 6.92 Å². The fraction of sp³-hybridized carbons (Fsp3) is 0.214. The van der Waals surface area contributed by atoms with Crippen molar-refractivity contribution in [3.8, 4) is 5.69 Å². The van der Waals surface area contributed by atoms with Crippen molar-refractivity contribution in [2.45, 2.75) is 6.92 Å². The number of aliphatic imine (C=N–C) groups is 1. The Kier molecular flexibility index (Phi) is 6.47. The number of nitrogens with zero attached hydrogens (tertiary/aromatic N) is 6. The normalized spacial score (nSPS) is 19.9. The van der Waals surface area contributed by atoms with Gasteiger partial charge in [-0.2, -0.15) is 5.10 Å². The number of hydrogen-bond acceptors (Lipinski definition) is 4. The van der Waals surface area contributed by atoms with E-state index in [9.17, 15) is 0 Å². The maximum absolute atomic E-state index is 6.72. The van der Waals surface area contributed by atoms with E-state index in [1.165, 1.54) is 0 Å². The van der Waals surface area contributed by atoms with Gasteiger partial charge in [0.15, 0.2) is 13.2 Å². The summed E-state index contributed by atoms with van der Waals surface area (Å²) >= 11 is 6.72. The Bertz CT molecular complexity index is 1510. The van der Waals surface area contributed by atoms with Gasteiger partial charge in [-0.1, -0.05) is 72.3 Å². The third-order valence-corrected chi connectivity index (χ3v) is 10.9. The van der Waals surface area contributed by atoms with Gasteiger partial charge in [0.1, 0.15) is 5.84 Å². The highest BCUT2D eigenvalue weighted by Gasteiger charge is 2.45. The maximum Gasteiger partial charge on any atom is 0.170 e. The summed E-state index contributed by atoms with van der Waals surface area (Å²) < 4.78 is 18.1. The molecule has 6 rings (SSSR count). The molecule has 37 heavy (non-hydrogen) atoms. The van der Waals surface area contributed by atoms with Gasteiger partial charge in [0.2, 0.25) is 0 Å². The summed E-state index contributed by atoms with van der Waals surface area (Å²) in [6.07, 6.45) is 0. The number of aryl methyl sites for hydroxylation is 1. The first-order chi connectivity index (χ1) is 18.1. The molecule has 1 saturated heterocycles. The molecule has 1 atom stereocenters. The minimum absolute atomic E-state index is 0.627. The summed E-state index contributed by atoms with van der Waals surface area (Å²) in [6, 6.07) is 28.3. The molecule has 3 heterocycles. The fourth-order valence-electron chi connectivity index (χ4n) is 5.03. The quantitative estimate of drug-likeness (QED) is 0.296. The van der Waals surface area contributed by atoms with Crippen molar-refractivity contribution < 1.29 is 4.74 Å². The van der Waals surface area contributed by atoms with E-state index in [0.29, 0.717) is 18.2 Å². The molecule has 0 bridgehead atoms. The zero-order valence-corrected chi connectivity index (χ0v) is 22.5. The van der Waals surface area contributed by atoms with Crippen LogP contribution in [0.5, 0.6) is 0 Å². The van der Waals surface area contributed by atoms with Crippen LogP contribution in [0.4, 0.5) is 11.5 Å². The number of benzene rings is 3. The molecule has 188 valence electrons. The monoisotopic (exact) mass is 530 g/mol. The lowest BCUT2D eigenvalue weighted by molar-refractivity contribution is 0.0732. The Morgan fingerprint density at radius 2 is 1.54 bits per heavy atom. The Morgan fingerprint density at radius 1 is 0.892 bits per heavy atom. The van der Waals surface area contributed by atoms with E-state index in [0.717, 1.165) is 52.7 Å². The minimum atomic E-state index is -2.64. The van der Waals surface area contributed by atoms with E-state index >= 15 is 0 Å². The highest BCUT2D eigenvalue weighted by atomic mass is 35.5. The van der Waals surface area contributed by atoms with Crippen molar-refractivity contribution in [3.05, 3.63) is 101 Å². The molecule has 9 heteroatoms. The number of amidine groups is 1. The van der Waals surface area contributed by atoms with E-state index in [-0.39, 0.29) is 0 Å². The van der Waals surface area contributed by atoms with Crippen molar-refractivity contribution in [2.75, 3.05) is 33.4 Å². The molecule has 4 aromatic rings. The van der Waals surface area contributed by atoms with Crippen LogP contribution >= 0.6 is 19.0 Å². The Labute approximate surface area is 222 Å². The van der Waals surface area contributed by atoms with Gasteiger partial charge in [-0.25, -0.2) is 19.1 Å². The van der Waals surface area contributed by atoms with Gasteiger partial charge in [-0.15, -0.1) is 0 Å². The van der Waals surface area contributed by atoms with E-state index in [2.05, 4.69) is 47.6 Å². The smallest absolute Gasteiger partial charge is 0.170 e. The van der Waals surface area contributed by atoms with Gasteiger partial charge in [0.25, 0.3) is 0 Å². The zero-order chi connectivity index (χ0) is 25.4. The van der Waals surface area contributed by atoms with Crippen LogP contribution in [0.25, 0.3) is 5.69 Å². The summed E-state index contributed by atoms with van der Waals surface area (Å²) in [6.45, 7) is 4.86. The summed E-state index contributed by atoms with van der Waals surface area (Å²) in [5.74, 6) is 1.68. The van der Waals surface area contributed by atoms with Crippen molar-refractivity contribution in [1.82, 2.24) is 19.1 Å². The lowest BCUT2D eigenvalue weighted by atomic mass is 10.2. The third-order valence-electron chi connectivity index (χ3n) is 6.76. The molecule has 0 N–H and O–H groups in total. The van der Waals surface area contributed by atoms with Gasteiger partial charge in [-0.3, -0.25) is 0 Å². The van der Waals surface area contributed by atoms with Gasteiger partial charge >= 0.3 is 0 Å². The molecule has 0 spiro atoms. The second-order valence-corrected chi connectivity index (χ2v) is 12.4. The third kappa shape index (κ3) is 4.12. The highest BCUT2D eigenvalue weighted by molar-refractivity contribution is 7.70. The number of ether oxygens (including phenoxy) is 1. The van der Waals surface area contributed by atoms with E-state index in [1.54, 1.807) is 0 Å². The summed E-state index contributed by atoms with van der Waals surface area (Å²) in [5.41, 5.74) is 3.67. The first-order valence-electron chi connectivity index (χ1n) is 12.3. The lowest BCUT2D eigenvalue weighted by Gasteiger charge is -2.46. The van der Waals surface area contributed by atoms with E-state index < -0.39 is 7.36 Å². The number of halogens is 1. The van der Waals surface area contributed by atoms with Crippen LogP contribution in [-0.4, -0.2) is 58.3 Å². The molecule has 1 fully saturated rings. The van der Waals surface area contributed by atoms with Gasteiger partial charge in [0.05, 0.1) is 40.6 Å². The molecular formula is C28H28ClN6OP. The average Bonchev–Trinajstić information content (AvgIpc) is 3.29. The van der Waals surface area contributed by atoms with Gasteiger partial charge in [-0.05, 0) is 31.2 Å². The second kappa shape index (κ2) is 9.92. The average molecular weight is 531 g/mol. The number of aromatic nitrogens is 2. The summed E-state index contributed by atoms with van der Waals surface area (Å²) in [7, 11) is -0.532. The van der Waals surface area contributed by atoms with Crippen LogP contribution in [0.15, 0.2) is 94.7 Å². The minimum Gasteiger partial charge on any atom is -0.379 e. The van der Waals surface area contributed by atoms with Crippen LogP contribution in [-0.2, 0) is 4.74 Å². The second-order valence-electron chi connectivity index (χ2n) is 9.02. The number of fused-ring (bicyclic) bond motifs is 1. The zero-order valence-electron chi connectivity index (χ0n) is 20.8. The Morgan fingerprint density at radius 3 is 2.24 bits per heavy atom. The van der Waals surface area contributed by atoms with E-state index in [4.69, 9.17) is 31.2 Å². The predicted octanol–water partition coefficient (Wildman–Crippen LogP) is 6.18. The van der Waals surface area contributed by atoms with Gasteiger partial charge < -0.3 is 9.41 Å². The molecule has 0 saturated carbocycles. The van der Waals surface area contributed by atoms with Crippen LogP contribution in [0.3, 0.4) is 0 Å². The SMILES string of the molecule is Cc1nn(-c2ccccc2)c2c1P(=Nc1ccccc1Cl)(N1CCOCC1)N(C)C(c1ccccc1)=N2. The van der Waals surface area contributed by atoms with Crippen LogP contribution in [0.1, 0.15) is 11.3 Å². The fourth-order valence-corrected chi connectivity index (χ4v) is 9.10. The van der Waals surface area contributed by atoms with Crippen molar-refractivity contribution in [1.29, 1.82) is 0 Å². The first kappa shape index (κ1) is 24.1. The van der Waals surface area contributed by atoms with Gasteiger partial charge in [0, 0.05) is 25.7 Å². The first-order valence-corrected chi connectivity index (χ1v) is 14.4. The molecule has 1 unspecified atom stereocenters. The summed E-state index contributed by atoms with van der Waals surface area (Å²) in [4.78, 5) is 5.27. The number of morpholine rings is 1. The van der Waals surface area contributed by atoms with Crippen LogP contribution in [0.2, 0.25) is 5.02 Å². The lowest BCUT2D eigenvalue weighted by Crippen LogP contribution is -2.45. The van der Waals surface area contributed by atoms with Crippen molar-refractivity contribution in [2.24, 2.45) is 9.74 Å². The summed E-state index contributed by atoms with van der Waals surface area (Å²) in [5, 5.41) is 6.72. The molecule has 0 radical (unpaired) electrons. The molecule has 7 nitrogen and oxygen atoms in total. The van der Waals surface area contributed by atoms with Crippen molar-refractivity contribution in [3.63, 3.8) is 0 Å². The van der Waals surface area contributed by atoms with Crippen molar-refractivity contribution >= 4 is 41.6 Å². The van der Waals surface area contributed by atoms with E-state index in [1.807, 2.05) is 65.3 Å². The Balaban J connectivity index is 1.72.